The van der Waals surface area contributed by atoms with Gasteiger partial charge in [-0.05, 0) is 116 Å². The molecule has 61 heavy (non-hydrogen) atoms. The maximum atomic E-state index is 6.44. The van der Waals surface area contributed by atoms with Crippen LogP contribution in [-0.4, -0.2) is 6.61 Å². The largest absolute Gasteiger partial charge is 0.489 e. The summed E-state index contributed by atoms with van der Waals surface area (Å²) in [6, 6.07) is 67.4. The van der Waals surface area contributed by atoms with E-state index in [1.54, 1.807) is 11.3 Å². The summed E-state index contributed by atoms with van der Waals surface area (Å²) >= 11 is 1.79. The van der Waals surface area contributed by atoms with Crippen molar-refractivity contribution in [1.29, 1.82) is 0 Å². The van der Waals surface area contributed by atoms with Crippen molar-refractivity contribution in [1.82, 2.24) is 0 Å². The zero-order valence-corrected chi connectivity index (χ0v) is 34.5. The lowest BCUT2D eigenvalue weighted by molar-refractivity contribution is 0.364. The van der Waals surface area contributed by atoms with E-state index in [-0.39, 0.29) is 0 Å². The number of rotatable bonds is 9. The quantitative estimate of drug-likeness (QED) is 0.135. The number of allylic oxidation sites excluding steroid dienone is 5. The molecule has 0 bridgehead atoms. The summed E-state index contributed by atoms with van der Waals surface area (Å²) in [7, 11) is 0. The Morgan fingerprint density at radius 2 is 1.21 bits per heavy atom. The van der Waals surface area contributed by atoms with Crippen LogP contribution in [0.25, 0.3) is 60.8 Å². The van der Waals surface area contributed by atoms with Gasteiger partial charge in [0.2, 0.25) is 0 Å². The van der Waals surface area contributed by atoms with Gasteiger partial charge in [0.25, 0.3) is 0 Å². The molecular weight excluding hydrogens is 759 g/mol. The Morgan fingerprint density at radius 3 is 2.05 bits per heavy atom. The van der Waals surface area contributed by atoms with E-state index in [0.717, 1.165) is 51.3 Å². The molecule has 3 heteroatoms. The first-order valence-corrected chi connectivity index (χ1v) is 21.7. The smallest absolute Gasteiger partial charge is 0.131 e. The van der Waals surface area contributed by atoms with Gasteiger partial charge in [0.1, 0.15) is 12.4 Å². The van der Waals surface area contributed by atoms with Crippen LogP contribution in [0.2, 0.25) is 0 Å². The van der Waals surface area contributed by atoms with E-state index in [1.807, 2.05) is 0 Å². The van der Waals surface area contributed by atoms with Gasteiger partial charge in [0, 0.05) is 27.0 Å². The second-order valence-electron chi connectivity index (χ2n) is 15.2. The van der Waals surface area contributed by atoms with Crippen molar-refractivity contribution >= 4 is 67.0 Å². The fourth-order valence-corrected chi connectivity index (χ4v) is 9.18. The van der Waals surface area contributed by atoms with Crippen LogP contribution in [0.3, 0.4) is 0 Å². The lowest BCUT2D eigenvalue weighted by atomic mass is 9.97. The van der Waals surface area contributed by atoms with Crippen LogP contribution in [0.5, 0.6) is 5.75 Å². The first-order chi connectivity index (χ1) is 30.2. The molecule has 8 aromatic carbocycles. The van der Waals surface area contributed by atoms with Gasteiger partial charge in [-0.3, -0.25) is 0 Å². The van der Waals surface area contributed by atoms with E-state index >= 15 is 0 Å². The van der Waals surface area contributed by atoms with Crippen molar-refractivity contribution < 1.29 is 4.74 Å². The van der Waals surface area contributed by atoms with Crippen molar-refractivity contribution in [2.75, 3.05) is 11.5 Å². The molecule has 1 aliphatic heterocycles. The fraction of sp³-hybridized carbons (Fsp3) is 0.0345. The zero-order chi connectivity index (χ0) is 40.8. The van der Waals surface area contributed by atoms with Crippen LogP contribution in [0.4, 0.5) is 17.1 Å². The second-order valence-corrected chi connectivity index (χ2v) is 16.1. The Hall–Kier alpha value is -7.46. The summed E-state index contributed by atoms with van der Waals surface area (Å²) < 4.78 is 7.75. The van der Waals surface area contributed by atoms with E-state index < -0.39 is 0 Å². The molecule has 0 unspecified atom stereocenters. The third-order valence-corrected chi connectivity index (χ3v) is 12.3. The molecule has 2 nitrogen and oxygen atoms in total. The summed E-state index contributed by atoms with van der Waals surface area (Å²) in [6.45, 7) is 0.491. The molecule has 292 valence electrons. The Labute approximate surface area is 362 Å². The average Bonchev–Trinajstić information content (AvgIpc) is 3.78. The molecule has 1 aliphatic rings. The van der Waals surface area contributed by atoms with Crippen molar-refractivity contribution in [2.24, 2.45) is 0 Å². The number of para-hydroxylation sites is 1. The van der Waals surface area contributed by atoms with E-state index in [1.165, 1.54) is 48.9 Å². The molecule has 2 heterocycles. The number of nitrogens with zero attached hydrogens (tertiary/aromatic N) is 1. The number of hydrogen-bond donors (Lipinski definition) is 0. The van der Waals surface area contributed by atoms with Crippen LogP contribution in [0, 0.1) is 0 Å². The highest BCUT2D eigenvalue weighted by atomic mass is 32.1. The van der Waals surface area contributed by atoms with Gasteiger partial charge in [0.05, 0.1) is 5.69 Å². The highest BCUT2D eigenvalue weighted by Crippen LogP contribution is 2.41. The second kappa shape index (κ2) is 17.4. The molecule has 9 aromatic rings. The molecule has 0 spiro atoms. The molecule has 0 saturated carbocycles. The normalized spacial score (nSPS) is 14.2. The standard InChI is InChI=1S/C58H43NOS/c1-2-15-43(16-3-1)48-19-12-20-49(40-48)44-33-37-52(38-34-44)59(51-35-27-42(28-36-51)14-4-5-18-50-41-61-57-26-11-9-23-54(50)57)56-25-10-8-22-53(56)45-21-13-39-60-58-47(31-29-45)32-30-46-17-6-7-24-55(46)58/h1-30,32-38,40-41H,31,39H2/b14-4+,18-5-,21-13-,45-29+. The lowest BCUT2D eigenvalue weighted by Gasteiger charge is -2.28. The fourth-order valence-electron chi connectivity index (χ4n) is 8.25. The highest BCUT2D eigenvalue weighted by molar-refractivity contribution is 7.17. The molecule has 0 radical (unpaired) electrons. The SMILES string of the molecule is C(=C/c1csc2ccccc12)/C=C/c1ccc(N(c2ccc(-c3cccc(-c4ccccc4)c3)cc2)c2ccccc2C2=C/Cc3ccc4ccccc4c3OC/C=C\2)cc1. The maximum absolute atomic E-state index is 6.44. The topological polar surface area (TPSA) is 12.5 Å². The summed E-state index contributed by atoms with van der Waals surface area (Å²) in [6.07, 6.45) is 16.1. The van der Waals surface area contributed by atoms with Crippen LogP contribution in [-0.2, 0) is 6.42 Å². The molecule has 0 atom stereocenters. The van der Waals surface area contributed by atoms with Crippen molar-refractivity contribution in [3.05, 3.63) is 246 Å². The first-order valence-electron chi connectivity index (χ1n) is 20.8. The number of fused-ring (bicyclic) bond motifs is 4. The Bertz CT molecular complexity index is 3090. The maximum Gasteiger partial charge on any atom is 0.131 e. The Balaban J connectivity index is 1.00. The Kier molecular flexibility index (Phi) is 10.8. The van der Waals surface area contributed by atoms with Gasteiger partial charge in [-0.1, -0.05) is 182 Å². The van der Waals surface area contributed by atoms with Crippen molar-refractivity contribution in [2.45, 2.75) is 6.42 Å². The molecule has 0 aliphatic carbocycles. The van der Waals surface area contributed by atoms with E-state index in [9.17, 15) is 0 Å². The minimum atomic E-state index is 0.491. The van der Waals surface area contributed by atoms with Gasteiger partial charge in [-0.15, -0.1) is 11.3 Å². The summed E-state index contributed by atoms with van der Waals surface area (Å²) in [5.74, 6) is 0.967. The van der Waals surface area contributed by atoms with Crippen LogP contribution in [0.1, 0.15) is 22.3 Å². The molecular formula is C58H43NOS. The number of benzene rings is 8. The van der Waals surface area contributed by atoms with Crippen LogP contribution < -0.4 is 9.64 Å². The van der Waals surface area contributed by atoms with Gasteiger partial charge in [0.15, 0.2) is 0 Å². The number of anilines is 3. The predicted molar refractivity (Wildman–Crippen MR) is 262 cm³/mol. The monoisotopic (exact) mass is 801 g/mol. The number of hydrogen-bond acceptors (Lipinski definition) is 3. The molecule has 0 N–H and O–H groups in total. The summed E-state index contributed by atoms with van der Waals surface area (Å²) in [5, 5.41) is 5.86. The predicted octanol–water partition coefficient (Wildman–Crippen LogP) is 16.2. The number of thiophene rings is 1. The van der Waals surface area contributed by atoms with Crippen LogP contribution >= 0.6 is 11.3 Å². The van der Waals surface area contributed by atoms with Gasteiger partial charge >= 0.3 is 0 Å². The van der Waals surface area contributed by atoms with E-state index in [2.05, 4.69) is 241 Å². The molecule has 0 saturated heterocycles. The average molecular weight is 802 g/mol. The molecule has 0 fully saturated rings. The van der Waals surface area contributed by atoms with Gasteiger partial charge < -0.3 is 9.64 Å². The third kappa shape index (κ3) is 8.12. The van der Waals surface area contributed by atoms with Crippen molar-refractivity contribution in [3.8, 4) is 28.0 Å². The first kappa shape index (κ1) is 37.8. The summed E-state index contributed by atoms with van der Waals surface area (Å²) in [5.41, 5.74) is 13.9. The lowest BCUT2D eigenvalue weighted by Crippen LogP contribution is -2.12. The minimum Gasteiger partial charge on any atom is -0.489 e. The van der Waals surface area contributed by atoms with Gasteiger partial charge in [-0.2, -0.15) is 0 Å². The Morgan fingerprint density at radius 1 is 0.541 bits per heavy atom. The van der Waals surface area contributed by atoms with Crippen LogP contribution in [0.15, 0.2) is 224 Å². The van der Waals surface area contributed by atoms with E-state index in [0.29, 0.717) is 6.61 Å². The van der Waals surface area contributed by atoms with E-state index in [4.69, 9.17) is 4.74 Å². The zero-order valence-electron chi connectivity index (χ0n) is 33.7. The van der Waals surface area contributed by atoms with Crippen molar-refractivity contribution in [3.63, 3.8) is 0 Å². The number of ether oxygens (including phenoxy) is 1. The highest BCUT2D eigenvalue weighted by Gasteiger charge is 2.19. The van der Waals surface area contributed by atoms with Gasteiger partial charge in [-0.25, -0.2) is 0 Å². The molecule has 1 aromatic heterocycles. The molecule has 0 amide bonds. The minimum absolute atomic E-state index is 0.491. The summed E-state index contributed by atoms with van der Waals surface area (Å²) in [4.78, 5) is 2.38. The third-order valence-electron chi connectivity index (χ3n) is 11.3. The molecule has 10 rings (SSSR count).